The highest BCUT2D eigenvalue weighted by atomic mass is 15.3. The van der Waals surface area contributed by atoms with E-state index >= 15 is 0 Å². The quantitative estimate of drug-likeness (QED) is 0.785. The van der Waals surface area contributed by atoms with Gasteiger partial charge >= 0.3 is 0 Å². The van der Waals surface area contributed by atoms with Crippen LogP contribution in [0.1, 0.15) is 30.5 Å². The highest BCUT2D eigenvalue weighted by Gasteiger charge is 2.26. The Kier molecular flexibility index (Phi) is 6.06. The van der Waals surface area contributed by atoms with E-state index in [1.54, 1.807) is 0 Å². The molecule has 2 fully saturated rings. The van der Waals surface area contributed by atoms with Crippen LogP contribution in [0.2, 0.25) is 0 Å². The van der Waals surface area contributed by atoms with Crippen LogP contribution in [0.3, 0.4) is 0 Å². The molecule has 5 rings (SSSR count). The third-order valence-corrected chi connectivity index (χ3v) is 7.32. The van der Waals surface area contributed by atoms with Crippen LogP contribution >= 0.6 is 0 Å². The van der Waals surface area contributed by atoms with E-state index < -0.39 is 0 Å². The van der Waals surface area contributed by atoms with Gasteiger partial charge in [-0.2, -0.15) is 5.10 Å². The first-order chi connectivity index (χ1) is 15.9. The third-order valence-electron chi connectivity index (χ3n) is 7.32. The zero-order valence-corrected chi connectivity index (χ0v) is 20.6. The first-order valence-corrected chi connectivity index (χ1v) is 12.3. The molecule has 0 spiro atoms. The van der Waals surface area contributed by atoms with Crippen LogP contribution in [-0.4, -0.2) is 87.5 Å². The predicted octanol–water partition coefficient (Wildman–Crippen LogP) is 2.87. The fourth-order valence-electron chi connectivity index (χ4n) is 5.12. The minimum Gasteiger partial charge on any atom is -0.369 e. The summed E-state index contributed by atoms with van der Waals surface area (Å²) in [5.74, 6) is 0. The van der Waals surface area contributed by atoms with Gasteiger partial charge in [-0.15, -0.1) is 0 Å². The lowest BCUT2D eigenvalue weighted by Crippen LogP contribution is -2.44. The number of anilines is 2. The topological polar surface area (TPSA) is 37.4 Å². The Morgan fingerprint density at radius 3 is 1.88 bits per heavy atom. The van der Waals surface area contributed by atoms with Crippen molar-refractivity contribution >= 4 is 17.1 Å². The maximum absolute atomic E-state index is 4.92. The van der Waals surface area contributed by atoms with Gasteiger partial charge in [-0.25, -0.2) is 0 Å². The number of fused-ring (bicyclic) bond motifs is 1. The summed E-state index contributed by atoms with van der Waals surface area (Å²) in [4.78, 5) is 9.80. The van der Waals surface area contributed by atoms with Crippen LogP contribution in [0, 0.1) is 0 Å². The minimum absolute atomic E-state index is 0.0863. The van der Waals surface area contributed by atoms with Gasteiger partial charge in [-0.3, -0.25) is 0 Å². The molecule has 0 aromatic heterocycles. The molecular formula is C27H38N6. The molecule has 0 amide bonds. The molecule has 0 saturated carbocycles. The summed E-state index contributed by atoms with van der Waals surface area (Å²) in [6.45, 7) is 13.3. The smallest absolute Gasteiger partial charge is 0.0976 e. The molecule has 0 unspecified atom stereocenters. The van der Waals surface area contributed by atoms with E-state index in [1.165, 1.54) is 28.1 Å². The molecule has 2 aromatic rings. The lowest BCUT2D eigenvalue weighted by Gasteiger charge is -2.34. The van der Waals surface area contributed by atoms with Crippen molar-refractivity contribution < 1.29 is 0 Å². The van der Waals surface area contributed by atoms with Crippen molar-refractivity contribution in [2.45, 2.75) is 25.8 Å². The molecule has 0 aliphatic carbocycles. The largest absolute Gasteiger partial charge is 0.369 e. The van der Waals surface area contributed by atoms with Crippen LogP contribution in [0.5, 0.6) is 0 Å². The second kappa shape index (κ2) is 8.99. The van der Waals surface area contributed by atoms with E-state index in [0.717, 1.165) is 64.5 Å². The molecule has 6 heteroatoms. The number of hydrogen-bond donors (Lipinski definition) is 1. The van der Waals surface area contributed by atoms with Crippen molar-refractivity contribution in [3.05, 3.63) is 59.2 Å². The molecule has 0 atom stereocenters. The van der Waals surface area contributed by atoms with Crippen molar-refractivity contribution in [2.24, 2.45) is 5.10 Å². The normalized spacial score (nSPS) is 21.8. The number of nitrogens with one attached hydrogen (secondary N) is 1. The highest BCUT2D eigenvalue weighted by Crippen LogP contribution is 2.29. The third kappa shape index (κ3) is 4.87. The summed E-state index contributed by atoms with van der Waals surface area (Å²) >= 11 is 0. The molecule has 176 valence electrons. The van der Waals surface area contributed by atoms with Gasteiger partial charge in [0, 0.05) is 74.9 Å². The van der Waals surface area contributed by atoms with Crippen LogP contribution in [0.4, 0.5) is 11.4 Å². The highest BCUT2D eigenvalue weighted by molar-refractivity contribution is 6.14. The molecule has 1 N–H and O–H groups in total. The number of benzene rings is 2. The maximum atomic E-state index is 4.92. The van der Waals surface area contributed by atoms with E-state index in [2.05, 4.69) is 95.4 Å². The summed E-state index contributed by atoms with van der Waals surface area (Å²) in [7, 11) is 4.41. The lowest BCUT2D eigenvalue weighted by molar-refractivity contribution is 0.313. The van der Waals surface area contributed by atoms with Crippen LogP contribution in [-0.2, 0) is 6.42 Å². The summed E-state index contributed by atoms with van der Waals surface area (Å²) < 4.78 is 0. The monoisotopic (exact) mass is 446 g/mol. The maximum Gasteiger partial charge on any atom is 0.0976 e. The standard InChI is InChI=1S/C27H38N6/c1-27(2)20-22-19-24(33-17-13-31(4)14-18-33)9-10-25(22)26(28-29-27)21-5-7-23(8-6-21)32-15-11-30(3)12-16-32/h5-10,19,29H,11-18,20H2,1-4H3. The van der Waals surface area contributed by atoms with Crippen LogP contribution in [0.25, 0.3) is 0 Å². The Bertz CT molecular complexity index is 996. The molecule has 6 nitrogen and oxygen atoms in total. The summed E-state index contributed by atoms with van der Waals surface area (Å²) in [5, 5.41) is 4.92. The van der Waals surface area contributed by atoms with Crippen molar-refractivity contribution in [1.29, 1.82) is 0 Å². The number of hydrazone groups is 1. The molecule has 0 bridgehead atoms. The van der Waals surface area contributed by atoms with E-state index in [1.807, 2.05) is 0 Å². The molecule has 2 aromatic carbocycles. The van der Waals surface area contributed by atoms with Gasteiger partial charge in [0.05, 0.1) is 11.3 Å². The number of piperazine rings is 2. The molecule has 2 saturated heterocycles. The summed E-state index contributed by atoms with van der Waals surface area (Å²) in [6.07, 6.45) is 0.955. The lowest BCUT2D eigenvalue weighted by atomic mass is 9.89. The van der Waals surface area contributed by atoms with Gasteiger partial charge in [-0.05, 0) is 64.2 Å². The van der Waals surface area contributed by atoms with E-state index in [4.69, 9.17) is 5.10 Å². The Hall–Kier alpha value is -2.57. The molecule has 3 aliphatic rings. The molecule has 0 radical (unpaired) electrons. The van der Waals surface area contributed by atoms with Crippen molar-refractivity contribution in [3.63, 3.8) is 0 Å². The van der Waals surface area contributed by atoms with E-state index in [9.17, 15) is 0 Å². The number of likely N-dealkylation sites (N-methyl/N-ethyl adjacent to an activating group) is 2. The SMILES string of the molecule is CN1CCN(c2ccc(C3=NNC(C)(C)Cc4cc(N5CCN(C)CC5)ccc43)cc2)CC1. The first-order valence-electron chi connectivity index (χ1n) is 12.3. The van der Waals surface area contributed by atoms with Crippen LogP contribution < -0.4 is 15.2 Å². The molecule has 33 heavy (non-hydrogen) atoms. The second-order valence-corrected chi connectivity index (χ2v) is 10.6. The van der Waals surface area contributed by atoms with Crippen molar-refractivity contribution in [1.82, 2.24) is 15.2 Å². The van der Waals surface area contributed by atoms with Gasteiger partial charge in [0.1, 0.15) is 0 Å². The Balaban J connectivity index is 1.43. The fourth-order valence-corrected chi connectivity index (χ4v) is 5.12. The molecule has 3 aliphatic heterocycles. The first kappa shape index (κ1) is 22.2. The van der Waals surface area contributed by atoms with Crippen molar-refractivity contribution in [2.75, 3.05) is 76.3 Å². The van der Waals surface area contributed by atoms with Crippen LogP contribution in [0.15, 0.2) is 47.6 Å². The Morgan fingerprint density at radius 1 is 0.727 bits per heavy atom. The Morgan fingerprint density at radius 2 is 1.27 bits per heavy atom. The average Bonchev–Trinajstić information content (AvgIpc) is 2.94. The summed E-state index contributed by atoms with van der Waals surface area (Å²) in [6, 6.07) is 16.0. The van der Waals surface area contributed by atoms with Gasteiger partial charge in [0.2, 0.25) is 0 Å². The number of hydrogen-bond acceptors (Lipinski definition) is 6. The Labute approximate surface area is 198 Å². The zero-order valence-electron chi connectivity index (χ0n) is 20.6. The zero-order chi connectivity index (χ0) is 23.0. The molecule has 3 heterocycles. The van der Waals surface area contributed by atoms with Gasteiger partial charge in [0.25, 0.3) is 0 Å². The minimum atomic E-state index is -0.0863. The van der Waals surface area contributed by atoms with Crippen molar-refractivity contribution in [3.8, 4) is 0 Å². The second-order valence-electron chi connectivity index (χ2n) is 10.6. The number of nitrogens with zero attached hydrogens (tertiary/aromatic N) is 5. The fraction of sp³-hybridized carbons (Fsp3) is 0.519. The number of rotatable bonds is 3. The molecular weight excluding hydrogens is 408 g/mol. The van der Waals surface area contributed by atoms with Gasteiger partial charge in [0.15, 0.2) is 0 Å². The summed E-state index contributed by atoms with van der Waals surface area (Å²) in [5.41, 5.74) is 10.9. The average molecular weight is 447 g/mol. The van der Waals surface area contributed by atoms with E-state index in [0.29, 0.717) is 0 Å². The van der Waals surface area contributed by atoms with Gasteiger partial charge in [-0.1, -0.05) is 18.2 Å². The predicted molar refractivity (Wildman–Crippen MR) is 139 cm³/mol. The van der Waals surface area contributed by atoms with Gasteiger partial charge < -0.3 is 25.0 Å². The van der Waals surface area contributed by atoms with E-state index in [-0.39, 0.29) is 5.54 Å².